The zero-order chi connectivity index (χ0) is 27.8. The van der Waals surface area contributed by atoms with Crippen molar-refractivity contribution in [3.63, 3.8) is 0 Å². The summed E-state index contributed by atoms with van der Waals surface area (Å²) < 4.78 is 12.8. The first-order valence-corrected chi connectivity index (χ1v) is 12.5. The van der Waals surface area contributed by atoms with E-state index in [1.54, 1.807) is 24.3 Å². The normalized spacial score (nSPS) is 10.9. The lowest BCUT2D eigenvalue weighted by molar-refractivity contribution is 0.454. The molecule has 0 spiro atoms. The molecule has 0 saturated heterocycles. The van der Waals surface area contributed by atoms with Crippen molar-refractivity contribution in [1.29, 1.82) is 0 Å². The van der Waals surface area contributed by atoms with E-state index in [0.717, 1.165) is 32.7 Å². The van der Waals surface area contributed by atoms with Crippen LogP contribution in [0, 0.1) is 12.3 Å². The van der Waals surface area contributed by atoms with Gasteiger partial charge in [-0.3, -0.25) is 0 Å². The summed E-state index contributed by atoms with van der Waals surface area (Å²) in [5.41, 5.74) is 14.3. The lowest BCUT2D eigenvalue weighted by atomic mass is 9.90. The number of phenols is 2. The molecule has 0 amide bonds. The van der Waals surface area contributed by atoms with Crippen molar-refractivity contribution in [2.24, 2.45) is 0 Å². The summed E-state index contributed by atoms with van der Waals surface area (Å²) in [4.78, 5) is 0. The van der Waals surface area contributed by atoms with Crippen molar-refractivity contribution in [2.45, 2.75) is 0 Å². The number of nitrogen functional groups attached to an aromatic ring is 2. The van der Waals surface area contributed by atoms with Crippen molar-refractivity contribution in [3.05, 3.63) is 109 Å². The molecule has 6 nitrogen and oxygen atoms in total. The van der Waals surface area contributed by atoms with Gasteiger partial charge in [-0.1, -0.05) is 60.5 Å². The number of aromatic hydroxyl groups is 2. The van der Waals surface area contributed by atoms with Crippen LogP contribution >= 0.6 is 0 Å². The van der Waals surface area contributed by atoms with Crippen LogP contribution in [-0.2, 0) is 0 Å². The number of phenolic OH excluding ortho intramolecular Hbond substituents is 2. The average molecular weight is 525 g/mol. The van der Waals surface area contributed by atoms with Gasteiger partial charge < -0.3 is 31.2 Å². The van der Waals surface area contributed by atoms with Gasteiger partial charge in [-0.2, -0.15) is 0 Å². The molecule has 0 radical (unpaired) electrons. The highest BCUT2D eigenvalue weighted by Crippen LogP contribution is 2.48. The van der Waals surface area contributed by atoms with E-state index in [4.69, 9.17) is 27.4 Å². The smallest absolute Gasteiger partial charge is 0.142 e. The quantitative estimate of drug-likeness (QED) is 0.104. The molecule has 0 aliphatic heterocycles. The number of hydrogen-bond donors (Lipinski definition) is 4. The van der Waals surface area contributed by atoms with Gasteiger partial charge in [-0.25, -0.2) is 0 Å². The molecule has 0 saturated carbocycles. The molecular weight excluding hydrogens is 500 g/mol. The first kappa shape index (κ1) is 24.5. The number of benzene rings is 6. The Morgan fingerprint density at radius 3 is 1.75 bits per heavy atom. The molecule has 194 valence electrons. The maximum atomic E-state index is 10.2. The molecule has 6 heteroatoms. The third-order valence-electron chi connectivity index (χ3n) is 6.76. The maximum Gasteiger partial charge on any atom is 0.142 e. The predicted octanol–water partition coefficient (Wildman–Crippen LogP) is 7.80. The molecule has 0 unspecified atom stereocenters. The molecule has 6 aromatic carbocycles. The lowest BCUT2D eigenvalue weighted by Crippen LogP contribution is -1.97. The van der Waals surface area contributed by atoms with Gasteiger partial charge in [0.25, 0.3) is 0 Å². The number of fused-ring (bicyclic) bond motifs is 2. The lowest BCUT2D eigenvalue weighted by Gasteiger charge is -2.20. The molecule has 0 heterocycles. The van der Waals surface area contributed by atoms with Crippen LogP contribution in [0.3, 0.4) is 0 Å². The van der Waals surface area contributed by atoms with E-state index in [-0.39, 0.29) is 22.9 Å². The van der Waals surface area contributed by atoms with Gasteiger partial charge in [0.05, 0.1) is 11.4 Å². The maximum absolute atomic E-state index is 10.2. The molecule has 0 bridgehead atoms. The number of nitrogens with two attached hydrogens (primary N) is 2. The van der Waals surface area contributed by atoms with Crippen LogP contribution in [0.2, 0.25) is 0 Å². The molecule has 0 aliphatic carbocycles. The number of rotatable bonds is 5. The fraction of sp³-hybridized carbons (Fsp3) is 0. The summed E-state index contributed by atoms with van der Waals surface area (Å²) in [5, 5.41) is 24.1. The Balaban J connectivity index is 1.67. The third kappa shape index (κ3) is 4.32. The number of ether oxygens (including phenoxy) is 2. The standard InChI is InChI=1S/C34H24N2O4/c1-2-20-17-32(40-23-13-15-28(36)30(38)19-23)34(26-10-6-5-8-24(20)26)33-25-9-4-3-7-21(25)11-16-31(33)39-22-12-14-27(35)29(37)18-22/h1,3-19,37-38H,35-36H2. The van der Waals surface area contributed by atoms with Crippen molar-refractivity contribution >= 4 is 32.9 Å². The summed E-state index contributed by atoms with van der Waals surface area (Å²) in [7, 11) is 0. The molecule has 40 heavy (non-hydrogen) atoms. The predicted molar refractivity (Wildman–Crippen MR) is 160 cm³/mol. The van der Waals surface area contributed by atoms with Crippen molar-refractivity contribution in [3.8, 4) is 58.0 Å². The average Bonchev–Trinajstić information content (AvgIpc) is 2.97. The number of terminal acetylenes is 1. The van der Waals surface area contributed by atoms with Crippen molar-refractivity contribution in [2.75, 3.05) is 11.5 Å². The Kier molecular flexibility index (Phi) is 6.02. The van der Waals surface area contributed by atoms with Crippen LogP contribution < -0.4 is 20.9 Å². The monoisotopic (exact) mass is 524 g/mol. The molecule has 0 aliphatic rings. The highest BCUT2D eigenvalue weighted by molar-refractivity contribution is 6.11. The Hall–Kier alpha value is -5.80. The van der Waals surface area contributed by atoms with Crippen LogP contribution in [0.25, 0.3) is 32.7 Å². The summed E-state index contributed by atoms with van der Waals surface area (Å²) in [6.45, 7) is 0. The second kappa shape index (κ2) is 9.82. The summed E-state index contributed by atoms with van der Waals surface area (Å²) in [5.74, 6) is 4.42. The highest BCUT2D eigenvalue weighted by atomic mass is 16.5. The summed E-state index contributed by atoms with van der Waals surface area (Å²) in [6, 6.07) is 30.9. The molecule has 6 rings (SSSR count). The Bertz CT molecular complexity index is 1970. The molecule has 0 fully saturated rings. The highest BCUT2D eigenvalue weighted by Gasteiger charge is 2.22. The second-order valence-corrected chi connectivity index (χ2v) is 9.29. The minimum Gasteiger partial charge on any atom is -0.506 e. The van der Waals surface area contributed by atoms with Crippen molar-refractivity contribution < 1.29 is 19.7 Å². The van der Waals surface area contributed by atoms with Gasteiger partial charge in [0, 0.05) is 28.8 Å². The second-order valence-electron chi connectivity index (χ2n) is 9.29. The van der Waals surface area contributed by atoms with E-state index in [9.17, 15) is 10.2 Å². The zero-order valence-electron chi connectivity index (χ0n) is 21.3. The van der Waals surface area contributed by atoms with Crippen LogP contribution in [0.1, 0.15) is 5.56 Å². The first-order chi connectivity index (χ1) is 19.4. The van der Waals surface area contributed by atoms with Gasteiger partial charge >= 0.3 is 0 Å². The zero-order valence-corrected chi connectivity index (χ0v) is 21.3. The third-order valence-corrected chi connectivity index (χ3v) is 6.76. The van der Waals surface area contributed by atoms with E-state index in [1.165, 1.54) is 12.1 Å². The van der Waals surface area contributed by atoms with Crippen LogP contribution in [0.5, 0.6) is 34.5 Å². The molecule has 6 aromatic rings. The van der Waals surface area contributed by atoms with E-state index in [0.29, 0.717) is 28.6 Å². The fourth-order valence-electron chi connectivity index (χ4n) is 4.83. The Labute approximate surface area is 230 Å². The number of hydrogen-bond acceptors (Lipinski definition) is 6. The van der Waals surface area contributed by atoms with E-state index >= 15 is 0 Å². The van der Waals surface area contributed by atoms with Crippen LogP contribution in [-0.4, -0.2) is 10.2 Å². The Morgan fingerprint density at radius 2 is 1.12 bits per heavy atom. The number of anilines is 2. The molecule has 6 N–H and O–H groups in total. The van der Waals surface area contributed by atoms with E-state index < -0.39 is 0 Å². The molecule has 0 atom stereocenters. The first-order valence-electron chi connectivity index (χ1n) is 12.5. The van der Waals surface area contributed by atoms with Gasteiger partial charge in [-0.15, -0.1) is 6.42 Å². The summed E-state index contributed by atoms with van der Waals surface area (Å²) >= 11 is 0. The van der Waals surface area contributed by atoms with Crippen LogP contribution in [0.15, 0.2) is 103 Å². The van der Waals surface area contributed by atoms with Gasteiger partial charge in [0.2, 0.25) is 0 Å². The van der Waals surface area contributed by atoms with Gasteiger partial charge in [0.15, 0.2) is 0 Å². The molecule has 0 aromatic heterocycles. The topological polar surface area (TPSA) is 111 Å². The largest absolute Gasteiger partial charge is 0.506 e. The van der Waals surface area contributed by atoms with E-state index in [2.05, 4.69) is 5.92 Å². The van der Waals surface area contributed by atoms with E-state index in [1.807, 2.05) is 66.7 Å². The van der Waals surface area contributed by atoms with Gasteiger partial charge in [-0.05, 0) is 57.9 Å². The van der Waals surface area contributed by atoms with Crippen LogP contribution in [0.4, 0.5) is 11.4 Å². The fourth-order valence-corrected chi connectivity index (χ4v) is 4.83. The molecular formula is C34H24N2O4. The minimum atomic E-state index is -0.0886. The van der Waals surface area contributed by atoms with Crippen molar-refractivity contribution in [1.82, 2.24) is 0 Å². The SMILES string of the molecule is C#Cc1cc(Oc2ccc(N)c(O)c2)c(-c2c(Oc3ccc(N)c(O)c3)ccc3ccccc23)c2ccccc12. The van der Waals surface area contributed by atoms with Gasteiger partial charge in [0.1, 0.15) is 34.5 Å². The summed E-state index contributed by atoms with van der Waals surface area (Å²) in [6.07, 6.45) is 5.94. The Morgan fingerprint density at radius 1 is 0.575 bits per heavy atom. The minimum absolute atomic E-state index is 0.0733.